The molecule has 0 spiro atoms. The van der Waals surface area contributed by atoms with Gasteiger partial charge in [0.15, 0.2) is 5.78 Å². The molecule has 0 saturated heterocycles. The van der Waals surface area contributed by atoms with Crippen molar-refractivity contribution in [3.05, 3.63) is 243 Å². The van der Waals surface area contributed by atoms with Crippen LogP contribution < -0.4 is 0 Å². The van der Waals surface area contributed by atoms with Crippen LogP contribution in [0.2, 0.25) is 0 Å². The first kappa shape index (κ1) is 71.9. The van der Waals surface area contributed by atoms with E-state index in [4.69, 9.17) is 0 Å². The number of ketones is 1. The molecule has 81 heavy (non-hydrogen) atoms. The normalized spacial score (nSPS) is 10.1. The third-order valence-electron chi connectivity index (χ3n) is 16.4. The highest BCUT2D eigenvalue weighted by Gasteiger charge is 2.31. The average molecular weight is 1090 g/mol. The minimum Gasteiger partial charge on any atom is -0.478 e. The topological polar surface area (TPSA) is 54.4 Å². The van der Waals surface area contributed by atoms with Gasteiger partial charge in [0.25, 0.3) is 0 Å². The van der Waals surface area contributed by atoms with Gasteiger partial charge in [0, 0.05) is 11.1 Å². The number of carbonyl (C=O) groups is 2. The molecule has 0 heterocycles. The number of hydrogen-bond donors (Lipinski definition) is 1. The third kappa shape index (κ3) is 17.5. The molecule has 0 fully saturated rings. The third-order valence-corrected chi connectivity index (χ3v) is 16.4. The van der Waals surface area contributed by atoms with E-state index < -0.39 is 5.97 Å². The van der Waals surface area contributed by atoms with Crippen LogP contribution in [0.4, 0.5) is 0 Å². The molecule has 0 aliphatic heterocycles. The molecular weight excluding hydrogens is 985 g/mol. The fraction of sp³-hybridized carbons (Fsp3) is 0.359. The number of benzene rings is 8. The van der Waals surface area contributed by atoms with Crippen molar-refractivity contribution in [1.82, 2.24) is 0 Å². The maximum absolute atomic E-state index is 12.5. The van der Waals surface area contributed by atoms with Crippen molar-refractivity contribution < 1.29 is 14.7 Å². The van der Waals surface area contributed by atoms with Gasteiger partial charge in [0.2, 0.25) is 0 Å². The van der Waals surface area contributed by atoms with Crippen LogP contribution in [-0.2, 0) is 0 Å². The molecule has 9 rings (SSSR count). The van der Waals surface area contributed by atoms with Gasteiger partial charge in [0.1, 0.15) is 0 Å². The summed E-state index contributed by atoms with van der Waals surface area (Å²) >= 11 is 0. The lowest BCUT2D eigenvalue weighted by molar-refractivity contribution is 0.0697. The molecule has 434 valence electrons. The summed E-state index contributed by atoms with van der Waals surface area (Å²) in [6, 6.07) is 38.7. The highest BCUT2D eigenvalue weighted by Crippen LogP contribution is 2.43. The second-order valence-electron chi connectivity index (χ2n) is 20.5. The zero-order chi connectivity index (χ0) is 62.3. The second-order valence-corrected chi connectivity index (χ2v) is 20.5. The van der Waals surface area contributed by atoms with Crippen LogP contribution in [-0.4, -0.2) is 16.9 Å². The van der Waals surface area contributed by atoms with Gasteiger partial charge < -0.3 is 5.11 Å². The van der Waals surface area contributed by atoms with E-state index in [2.05, 4.69) is 211 Å². The van der Waals surface area contributed by atoms with Crippen molar-refractivity contribution in [2.24, 2.45) is 0 Å². The number of aromatic carboxylic acids is 1. The standard InChI is InChI=1S/C17H18O2.C17H16O.C17H20.C11H16.C8H10.4C2H6/c1-10-9-16(13(4)12(3)11(10)2)14-7-5-6-8-15(14)17(18)19;1-9-10(2)12(4)16-15(11(9)3)13-7-5-6-8-14(13)17(16)18;1-11-8-6-7-9-16(11)17-10-12(2)13(3)14(4)15(17)5;1-7-6-8(2)10(4)11(5)9(7)3;1-7-5-3-4-6-8(7)2;4*1-2/h5-9H,1-4H3,(H,18,19);5-8H,1-4H3;6-10H,1-5H3;6H,1-5H3;3-6H,1-2H3;4*1-2H3. The smallest absolute Gasteiger partial charge is 0.336 e. The molecule has 1 aliphatic carbocycles. The maximum Gasteiger partial charge on any atom is 0.336 e. The van der Waals surface area contributed by atoms with Crippen molar-refractivity contribution in [2.75, 3.05) is 0 Å². The Morgan fingerprint density at radius 2 is 0.543 bits per heavy atom. The molecular formula is C78H104O3. The summed E-state index contributed by atoms with van der Waals surface area (Å²) in [6.07, 6.45) is 0. The number of carboxylic acid groups (broad SMARTS) is 1. The van der Waals surface area contributed by atoms with Gasteiger partial charge in [-0.2, -0.15) is 0 Å². The van der Waals surface area contributed by atoms with E-state index in [1.165, 1.54) is 111 Å². The highest BCUT2D eigenvalue weighted by molar-refractivity contribution is 6.23. The minimum atomic E-state index is -0.883. The first-order chi connectivity index (χ1) is 38.3. The fourth-order valence-electron chi connectivity index (χ4n) is 9.81. The summed E-state index contributed by atoms with van der Waals surface area (Å²) in [5, 5.41) is 9.31. The van der Waals surface area contributed by atoms with E-state index in [9.17, 15) is 14.7 Å². The first-order valence-electron chi connectivity index (χ1n) is 29.7. The molecule has 3 heteroatoms. The Morgan fingerprint density at radius 3 is 0.926 bits per heavy atom. The molecule has 8 aromatic carbocycles. The largest absolute Gasteiger partial charge is 0.478 e. The Hall–Kier alpha value is -7.10. The first-order valence-corrected chi connectivity index (χ1v) is 29.7. The Kier molecular flexibility index (Phi) is 30.4. The Labute approximate surface area is 494 Å². The van der Waals surface area contributed by atoms with E-state index in [-0.39, 0.29) is 5.78 Å². The Balaban J connectivity index is 0.000000502. The van der Waals surface area contributed by atoms with E-state index >= 15 is 0 Å². The van der Waals surface area contributed by atoms with Crippen LogP contribution in [0.25, 0.3) is 33.4 Å². The number of fused-ring (bicyclic) bond motifs is 3. The molecule has 0 unspecified atom stereocenters. The lowest BCUT2D eigenvalue weighted by atomic mass is 9.89. The molecule has 8 aromatic rings. The number of hydrogen-bond acceptors (Lipinski definition) is 2. The van der Waals surface area contributed by atoms with Gasteiger partial charge in [-0.05, 0) is 289 Å². The monoisotopic (exact) mass is 1090 g/mol. The van der Waals surface area contributed by atoms with Gasteiger partial charge in [-0.3, -0.25) is 4.79 Å². The maximum atomic E-state index is 12.5. The van der Waals surface area contributed by atoms with Crippen LogP contribution >= 0.6 is 0 Å². The predicted octanol–water partition coefficient (Wildman–Crippen LogP) is 22.9. The number of aryl methyl sites for hydroxylation is 7. The van der Waals surface area contributed by atoms with E-state index in [1.807, 2.05) is 85.7 Å². The van der Waals surface area contributed by atoms with Crippen molar-refractivity contribution in [3.8, 4) is 33.4 Å². The second kappa shape index (κ2) is 34.2. The van der Waals surface area contributed by atoms with Crippen molar-refractivity contribution in [3.63, 3.8) is 0 Å². The lowest BCUT2D eigenvalue weighted by Crippen LogP contribution is -2.03. The Bertz CT molecular complexity index is 3330. The van der Waals surface area contributed by atoms with Gasteiger partial charge in [-0.25, -0.2) is 4.79 Å². The van der Waals surface area contributed by atoms with Crippen molar-refractivity contribution >= 4 is 11.8 Å². The fourth-order valence-corrected chi connectivity index (χ4v) is 9.81. The van der Waals surface area contributed by atoms with E-state index in [1.54, 1.807) is 12.1 Å². The molecule has 3 nitrogen and oxygen atoms in total. The zero-order valence-corrected chi connectivity index (χ0v) is 55.7. The molecule has 0 saturated carbocycles. The van der Waals surface area contributed by atoms with Crippen molar-refractivity contribution in [2.45, 2.75) is 194 Å². The van der Waals surface area contributed by atoms with Crippen LogP contribution in [0.1, 0.15) is 193 Å². The van der Waals surface area contributed by atoms with Crippen LogP contribution in [0.5, 0.6) is 0 Å². The zero-order valence-electron chi connectivity index (χ0n) is 55.7. The van der Waals surface area contributed by atoms with Gasteiger partial charge in [-0.1, -0.05) is 165 Å². The number of rotatable bonds is 3. The van der Waals surface area contributed by atoms with Gasteiger partial charge in [0.05, 0.1) is 5.56 Å². The molecule has 1 N–H and O–H groups in total. The molecule has 1 aliphatic rings. The summed E-state index contributed by atoms with van der Waals surface area (Å²) in [5.41, 5.74) is 35.5. The number of carbonyl (C=O) groups excluding carboxylic acids is 1. The average Bonchev–Trinajstić information content (AvgIpc) is 3.82. The van der Waals surface area contributed by atoms with Crippen LogP contribution in [0, 0.1) is 138 Å². The molecule has 0 aromatic heterocycles. The molecule has 0 bridgehead atoms. The van der Waals surface area contributed by atoms with Crippen LogP contribution in [0.3, 0.4) is 0 Å². The SMILES string of the molecule is CC.CC.CC.CC.Cc1c(C)c(C)c2c(c1C)C(=O)c1ccccc1-2.Cc1cc(-c2ccccc2C(=O)O)c(C)c(C)c1C.Cc1cc(C)c(C)c(C)c1C.Cc1ccccc1-c1cc(C)c(C)c(C)c1C.Cc1ccccc1C. The van der Waals surface area contributed by atoms with Gasteiger partial charge in [-0.15, -0.1) is 0 Å². The van der Waals surface area contributed by atoms with E-state index in [0.717, 1.165) is 44.5 Å². The van der Waals surface area contributed by atoms with Crippen molar-refractivity contribution in [1.29, 1.82) is 0 Å². The highest BCUT2D eigenvalue weighted by atomic mass is 16.4. The predicted molar refractivity (Wildman–Crippen MR) is 359 cm³/mol. The Morgan fingerprint density at radius 1 is 0.259 bits per heavy atom. The molecule has 0 radical (unpaired) electrons. The summed E-state index contributed by atoms with van der Waals surface area (Å²) in [4.78, 5) is 23.9. The van der Waals surface area contributed by atoms with E-state index in [0.29, 0.717) is 5.56 Å². The summed E-state index contributed by atoms with van der Waals surface area (Å²) in [6.45, 7) is 58.9. The summed E-state index contributed by atoms with van der Waals surface area (Å²) < 4.78 is 0. The minimum absolute atomic E-state index is 0.185. The quantitative estimate of drug-likeness (QED) is 0.192. The lowest BCUT2D eigenvalue weighted by Gasteiger charge is -2.16. The molecule has 0 atom stereocenters. The van der Waals surface area contributed by atoms with Gasteiger partial charge >= 0.3 is 5.97 Å². The summed E-state index contributed by atoms with van der Waals surface area (Å²) in [7, 11) is 0. The van der Waals surface area contributed by atoms with Crippen LogP contribution in [0.15, 0.2) is 115 Å². The molecule has 0 amide bonds. The summed E-state index contributed by atoms with van der Waals surface area (Å²) in [5.74, 6) is -0.699. The number of carboxylic acids is 1.